The molecule has 0 radical (unpaired) electrons. The monoisotopic (exact) mass is 384 g/mol. The van der Waals surface area contributed by atoms with Crippen LogP contribution >= 0.6 is 0 Å². The first-order valence-electron chi connectivity index (χ1n) is 0.698. The first-order chi connectivity index (χ1) is 2.00. The Kier molecular flexibility index (Phi) is 149. The van der Waals surface area contributed by atoms with E-state index in [2.05, 4.69) is 0 Å². The van der Waals surface area contributed by atoms with E-state index in [4.69, 9.17) is 17.5 Å². The van der Waals surface area contributed by atoms with E-state index < -0.39 is 10.4 Å². The summed E-state index contributed by atoms with van der Waals surface area (Å²) in [6.07, 6.45) is 0. The van der Waals surface area contributed by atoms with Gasteiger partial charge in [0.2, 0.25) is 0 Å². The molecule has 76 valence electrons. The minimum Gasteiger partial charge on any atom is -1.00 e. The minimum atomic E-state index is -4.67. The number of rotatable bonds is 0. The third-order valence-corrected chi connectivity index (χ3v) is 0. The van der Waals surface area contributed by atoms with Gasteiger partial charge in [-0.3, -0.25) is 9.11 Å². The molecule has 0 aliphatic carbocycles. The second kappa shape index (κ2) is 29.2. The van der Waals surface area contributed by atoms with Crippen molar-refractivity contribution in [2.75, 3.05) is 0 Å². The van der Waals surface area contributed by atoms with E-state index in [1.807, 2.05) is 0 Å². The molecule has 0 saturated heterocycles. The van der Waals surface area contributed by atoms with Gasteiger partial charge in [0.1, 0.15) is 0 Å². The van der Waals surface area contributed by atoms with Crippen LogP contribution in [-0.4, -0.2) is 111 Å². The van der Waals surface area contributed by atoms with Crippen LogP contribution in [0, 0.1) is 0 Å². The van der Waals surface area contributed by atoms with Crippen LogP contribution in [0.3, 0.4) is 0 Å². The van der Waals surface area contributed by atoms with Crippen LogP contribution < -0.4 is 0 Å². The van der Waals surface area contributed by atoms with E-state index >= 15 is 0 Å². The summed E-state index contributed by atoms with van der Waals surface area (Å²) in [5.74, 6) is 0. The summed E-state index contributed by atoms with van der Waals surface area (Å²) in [5.41, 5.74) is 0. The molecular formula is H14BaMgO8STi. The van der Waals surface area contributed by atoms with Gasteiger partial charge < -0.3 is 27.6 Å². The molecule has 0 bridgehead atoms. The van der Waals surface area contributed by atoms with Crippen molar-refractivity contribution >= 4 is 82.3 Å². The first-order valence-corrected chi connectivity index (χ1v) is 2.10. The SMILES string of the molecule is O.O.O.O.O=S(=O)(O)O.[Ba+2].[H-].[H-].[H-].[H-].[Mg+2].[Ti]. The van der Waals surface area contributed by atoms with Crippen LogP contribution in [0.25, 0.3) is 0 Å². The normalized spacial score (nSPS) is 4.83. The van der Waals surface area contributed by atoms with Gasteiger partial charge in [-0.05, 0) is 0 Å². The smallest absolute Gasteiger partial charge is 1.00 e. The molecule has 0 aromatic carbocycles. The van der Waals surface area contributed by atoms with Gasteiger partial charge in [0.15, 0.2) is 0 Å². The van der Waals surface area contributed by atoms with Crippen LogP contribution in [0.2, 0.25) is 0 Å². The average Bonchev–Trinajstić information content (AvgIpc) is 0.722. The Hall–Kier alpha value is 2.76. The molecule has 10 N–H and O–H groups in total. The van der Waals surface area contributed by atoms with E-state index in [0.717, 1.165) is 0 Å². The summed E-state index contributed by atoms with van der Waals surface area (Å²) in [7, 11) is -4.67. The molecule has 0 aromatic heterocycles. The molecule has 0 amide bonds. The third-order valence-electron chi connectivity index (χ3n) is 0. The van der Waals surface area contributed by atoms with Gasteiger partial charge in [-0.25, -0.2) is 0 Å². The predicted molar refractivity (Wildman–Crippen MR) is 44.6 cm³/mol. The zero-order chi connectivity index (χ0) is 4.50. The van der Waals surface area contributed by atoms with E-state index in [9.17, 15) is 0 Å². The maximum atomic E-state index is 8.74. The van der Waals surface area contributed by atoms with Crippen LogP contribution in [0.5, 0.6) is 0 Å². The molecule has 12 heteroatoms. The minimum absolute atomic E-state index is 0. The first kappa shape index (κ1) is 61.1. The topological polar surface area (TPSA) is 201 Å². The van der Waals surface area contributed by atoms with Crippen LogP contribution in [0.15, 0.2) is 0 Å². The molecule has 0 spiro atoms. The van der Waals surface area contributed by atoms with E-state index in [1.54, 1.807) is 0 Å². The summed E-state index contributed by atoms with van der Waals surface area (Å²) in [6.45, 7) is 0. The van der Waals surface area contributed by atoms with Crippen molar-refractivity contribution in [3.63, 3.8) is 0 Å². The summed E-state index contributed by atoms with van der Waals surface area (Å²) in [6, 6.07) is 0. The van der Waals surface area contributed by atoms with Crippen molar-refractivity contribution in [2.45, 2.75) is 0 Å². The van der Waals surface area contributed by atoms with Crippen LogP contribution in [0.4, 0.5) is 0 Å². The molecule has 0 aliphatic heterocycles. The standard InChI is InChI=1S/Ba.Mg.H2O4S.4H2O.Ti.4H/c;;1-5(2,3)4;;;;;;;;;/h;;(H2,1,2,3,4);4*1H2;;;;;/q2*+2;;;;;;;4*-1. The van der Waals surface area contributed by atoms with Gasteiger partial charge in [-0.15, -0.1) is 0 Å². The van der Waals surface area contributed by atoms with Crippen molar-refractivity contribution in [1.82, 2.24) is 0 Å². The van der Waals surface area contributed by atoms with Crippen molar-refractivity contribution in [2.24, 2.45) is 0 Å². The van der Waals surface area contributed by atoms with Crippen LogP contribution in [-0.2, 0) is 32.1 Å². The summed E-state index contributed by atoms with van der Waals surface area (Å²) < 4.78 is 31.6. The fraction of sp³-hybridized carbons (Fsp3) is 0. The van der Waals surface area contributed by atoms with Gasteiger partial charge in [0, 0.05) is 21.7 Å². The third kappa shape index (κ3) is 231. The Balaban J connectivity index is -0.00000000145. The Bertz CT molecular complexity index is 115. The summed E-state index contributed by atoms with van der Waals surface area (Å²) in [5, 5.41) is 0. The van der Waals surface area contributed by atoms with E-state index in [0.29, 0.717) is 0 Å². The second-order valence-electron chi connectivity index (χ2n) is 0.448. The Morgan fingerprint density at radius 2 is 0.917 bits per heavy atom. The van der Waals surface area contributed by atoms with Gasteiger partial charge >= 0.3 is 82.3 Å². The molecule has 8 nitrogen and oxygen atoms in total. The van der Waals surface area contributed by atoms with E-state index in [-0.39, 0.29) is 121 Å². The molecule has 0 unspecified atom stereocenters. The predicted octanol–water partition coefficient (Wildman–Crippen LogP) is -4.27. The molecule has 0 aromatic rings. The van der Waals surface area contributed by atoms with Crippen molar-refractivity contribution in [3.8, 4) is 0 Å². The molecule has 0 rings (SSSR count). The Morgan fingerprint density at radius 3 is 0.917 bits per heavy atom. The maximum absolute atomic E-state index is 8.74. The molecule has 0 saturated carbocycles. The molecule has 0 heterocycles. The van der Waals surface area contributed by atoms with Gasteiger partial charge in [-0.2, -0.15) is 8.42 Å². The fourth-order valence-corrected chi connectivity index (χ4v) is 0. The Labute approximate surface area is 147 Å². The Morgan fingerprint density at radius 1 is 0.917 bits per heavy atom. The van der Waals surface area contributed by atoms with Gasteiger partial charge in [0.05, 0.1) is 0 Å². The van der Waals surface area contributed by atoms with Crippen molar-refractivity contribution < 1.29 is 66.9 Å². The average molecular weight is 384 g/mol. The molecular weight excluding hydrogens is 370 g/mol. The maximum Gasteiger partial charge on any atom is 2.00 e. The molecule has 0 atom stereocenters. The zero-order valence-electron chi connectivity index (χ0n) is 10.0. The fourth-order valence-electron chi connectivity index (χ4n) is 0. The van der Waals surface area contributed by atoms with Crippen LogP contribution in [0.1, 0.15) is 5.71 Å². The van der Waals surface area contributed by atoms with Crippen molar-refractivity contribution in [1.29, 1.82) is 0 Å². The zero-order valence-corrected chi connectivity index (χ0v) is 14.3. The second-order valence-corrected chi connectivity index (χ2v) is 1.34. The summed E-state index contributed by atoms with van der Waals surface area (Å²) >= 11 is 0. The van der Waals surface area contributed by atoms with Gasteiger partial charge in [0.25, 0.3) is 0 Å². The molecule has 0 aliphatic rings. The number of hydrogen-bond donors (Lipinski definition) is 2. The quantitative estimate of drug-likeness (QED) is 0.315. The van der Waals surface area contributed by atoms with Gasteiger partial charge in [-0.1, -0.05) is 0 Å². The number of hydrogen-bond acceptors (Lipinski definition) is 2. The molecule has 0 fully saturated rings. The van der Waals surface area contributed by atoms with Crippen molar-refractivity contribution in [3.05, 3.63) is 0 Å². The van der Waals surface area contributed by atoms with E-state index in [1.165, 1.54) is 0 Å². The summed E-state index contributed by atoms with van der Waals surface area (Å²) in [4.78, 5) is 0. The molecule has 12 heavy (non-hydrogen) atoms. The largest absolute Gasteiger partial charge is 2.00 e.